The first-order chi connectivity index (χ1) is 10.6. The largest absolute Gasteiger partial charge is 0.321 e. The summed E-state index contributed by atoms with van der Waals surface area (Å²) < 4.78 is 0.966. The third kappa shape index (κ3) is 7.82. The van der Waals surface area contributed by atoms with Crippen LogP contribution in [0, 0.1) is 0 Å². The normalized spacial score (nSPS) is 10.9. The summed E-state index contributed by atoms with van der Waals surface area (Å²) in [6.07, 6.45) is 3.82. The Morgan fingerprint density at radius 3 is 2.00 bits per heavy atom. The molecule has 0 aliphatic heterocycles. The summed E-state index contributed by atoms with van der Waals surface area (Å²) in [5.74, 6) is 0. The van der Waals surface area contributed by atoms with Gasteiger partial charge in [0.05, 0.1) is 20.6 Å². The van der Waals surface area contributed by atoms with Crippen LogP contribution in [-0.4, -0.2) is 25.1 Å². The third-order valence-electron chi connectivity index (χ3n) is 3.13. The highest BCUT2D eigenvalue weighted by Crippen LogP contribution is 2.08. The molecule has 0 atom stereocenters. The third-order valence-corrected chi connectivity index (χ3v) is 3.26. The molecule has 2 heteroatoms. The number of likely N-dealkylation sites (N-methyl/N-ethyl adjacent to an activating group) is 1. The predicted molar refractivity (Wildman–Crippen MR) is 98.6 cm³/mol. The summed E-state index contributed by atoms with van der Waals surface area (Å²) in [6.45, 7) is 5.84. The van der Waals surface area contributed by atoms with Crippen molar-refractivity contribution in [2.45, 2.75) is 6.54 Å². The SMILES string of the molecule is C=CC[N+](C)(C)Cc1ccccc1.ClC=Cc1ccccc1. The van der Waals surface area contributed by atoms with Crippen molar-refractivity contribution in [3.8, 4) is 0 Å². The van der Waals surface area contributed by atoms with Gasteiger partial charge in [-0.3, -0.25) is 0 Å². The molecule has 2 aromatic rings. The quantitative estimate of drug-likeness (QED) is 0.516. The molecule has 0 N–H and O–H groups in total. The summed E-state index contributed by atoms with van der Waals surface area (Å²) in [5, 5.41) is 0. The first-order valence-electron chi connectivity index (χ1n) is 7.36. The van der Waals surface area contributed by atoms with E-state index in [1.165, 1.54) is 11.1 Å². The van der Waals surface area contributed by atoms with Crippen LogP contribution in [-0.2, 0) is 6.54 Å². The van der Waals surface area contributed by atoms with Gasteiger partial charge in [0.25, 0.3) is 0 Å². The molecule has 0 aromatic heterocycles. The standard InChI is InChI=1S/C12H18N.C8H7Cl/c1-4-10-13(2,3)11-12-8-6-5-7-9-12;9-7-6-8-4-2-1-3-5-8/h4-9H,1,10-11H2,2-3H3;1-7H/q+1;. The van der Waals surface area contributed by atoms with Gasteiger partial charge in [0.2, 0.25) is 0 Å². The number of quaternary nitrogens is 1. The molecule has 2 aromatic carbocycles. The zero-order chi connectivity index (χ0) is 16.3. The Labute approximate surface area is 139 Å². The monoisotopic (exact) mass is 314 g/mol. The summed E-state index contributed by atoms with van der Waals surface area (Å²) >= 11 is 5.36. The molecule has 0 amide bonds. The zero-order valence-corrected chi connectivity index (χ0v) is 14.2. The predicted octanol–water partition coefficient (Wildman–Crippen LogP) is 5.35. The average Bonchev–Trinajstić information content (AvgIpc) is 2.50. The fourth-order valence-electron chi connectivity index (χ4n) is 2.13. The minimum atomic E-state index is 0.966. The van der Waals surface area contributed by atoms with E-state index < -0.39 is 0 Å². The van der Waals surface area contributed by atoms with Crippen LogP contribution in [0.25, 0.3) is 6.08 Å². The minimum absolute atomic E-state index is 0.966. The van der Waals surface area contributed by atoms with Crippen LogP contribution in [0.3, 0.4) is 0 Å². The van der Waals surface area contributed by atoms with Crippen LogP contribution >= 0.6 is 11.6 Å². The van der Waals surface area contributed by atoms with Gasteiger partial charge in [-0.15, -0.1) is 0 Å². The molecule has 0 radical (unpaired) electrons. The van der Waals surface area contributed by atoms with Gasteiger partial charge in [0.15, 0.2) is 0 Å². The fraction of sp³-hybridized carbons (Fsp3) is 0.200. The molecular weight excluding hydrogens is 290 g/mol. The Hall–Kier alpha value is -1.83. The molecule has 0 spiro atoms. The van der Waals surface area contributed by atoms with Gasteiger partial charge < -0.3 is 4.48 Å². The molecule has 22 heavy (non-hydrogen) atoms. The number of hydrogen-bond donors (Lipinski definition) is 0. The molecule has 0 saturated carbocycles. The Morgan fingerprint density at radius 2 is 1.50 bits per heavy atom. The van der Waals surface area contributed by atoms with E-state index in [1.54, 1.807) is 0 Å². The first-order valence-corrected chi connectivity index (χ1v) is 7.79. The van der Waals surface area contributed by atoms with Gasteiger partial charge in [-0.25, -0.2) is 0 Å². The van der Waals surface area contributed by atoms with Crippen LogP contribution in [0.1, 0.15) is 11.1 Å². The number of hydrogen-bond acceptors (Lipinski definition) is 0. The number of halogens is 1. The fourth-order valence-corrected chi connectivity index (χ4v) is 2.27. The number of nitrogens with zero attached hydrogens (tertiary/aromatic N) is 1. The number of rotatable bonds is 5. The van der Waals surface area contributed by atoms with Crippen LogP contribution in [0.5, 0.6) is 0 Å². The van der Waals surface area contributed by atoms with E-state index in [0.717, 1.165) is 23.1 Å². The van der Waals surface area contributed by atoms with Crippen LogP contribution in [0.2, 0.25) is 0 Å². The Bertz CT molecular complexity index is 559. The van der Waals surface area contributed by atoms with E-state index in [4.69, 9.17) is 11.6 Å². The van der Waals surface area contributed by atoms with Crippen LogP contribution in [0.15, 0.2) is 78.9 Å². The Kier molecular flexibility index (Phi) is 8.27. The second kappa shape index (κ2) is 9.99. The van der Waals surface area contributed by atoms with E-state index in [1.807, 2.05) is 42.5 Å². The lowest BCUT2D eigenvalue weighted by Gasteiger charge is -2.28. The van der Waals surface area contributed by atoms with Gasteiger partial charge in [-0.2, -0.15) is 0 Å². The molecule has 116 valence electrons. The van der Waals surface area contributed by atoms with Crippen molar-refractivity contribution in [1.82, 2.24) is 0 Å². The molecule has 0 aliphatic carbocycles. The second-order valence-corrected chi connectivity index (χ2v) is 6.01. The van der Waals surface area contributed by atoms with Crippen molar-refractivity contribution in [3.63, 3.8) is 0 Å². The highest BCUT2D eigenvalue weighted by atomic mass is 35.5. The molecule has 0 heterocycles. The van der Waals surface area contributed by atoms with Gasteiger partial charge in [0.1, 0.15) is 6.54 Å². The van der Waals surface area contributed by atoms with E-state index >= 15 is 0 Å². The average molecular weight is 315 g/mol. The van der Waals surface area contributed by atoms with E-state index in [0.29, 0.717) is 0 Å². The van der Waals surface area contributed by atoms with E-state index in [-0.39, 0.29) is 0 Å². The minimum Gasteiger partial charge on any atom is -0.321 e. The summed E-state index contributed by atoms with van der Waals surface area (Å²) in [4.78, 5) is 0. The van der Waals surface area contributed by atoms with Crippen molar-refractivity contribution in [3.05, 3.63) is 90.0 Å². The molecule has 0 aliphatic rings. The maximum Gasteiger partial charge on any atom is 0.104 e. The molecule has 2 rings (SSSR count). The summed E-state index contributed by atoms with van der Waals surface area (Å²) in [5.41, 5.74) is 4.02. The second-order valence-electron chi connectivity index (χ2n) is 5.75. The maximum absolute atomic E-state index is 5.36. The molecular formula is C20H25ClN+. The van der Waals surface area contributed by atoms with Crippen molar-refractivity contribution in [1.29, 1.82) is 0 Å². The van der Waals surface area contributed by atoms with Gasteiger partial charge in [-0.1, -0.05) is 78.8 Å². The Morgan fingerprint density at radius 1 is 0.955 bits per heavy atom. The van der Waals surface area contributed by atoms with Gasteiger partial charge >= 0.3 is 0 Å². The molecule has 0 bridgehead atoms. The van der Waals surface area contributed by atoms with E-state index in [9.17, 15) is 0 Å². The van der Waals surface area contributed by atoms with Crippen molar-refractivity contribution in [2.75, 3.05) is 20.6 Å². The van der Waals surface area contributed by atoms with Crippen molar-refractivity contribution >= 4 is 17.7 Å². The van der Waals surface area contributed by atoms with Gasteiger partial charge in [-0.05, 0) is 17.7 Å². The van der Waals surface area contributed by atoms with Crippen molar-refractivity contribution in [2.24, 2.45) is 0 Å². The van der Waals surface area contributed by atoms with Gasteiger partial charge in [0, 0.05) is 11.1 Å². The first kappa shape index (κ1) is 18.2. The topological polar surface area (TPSA) is 0 Å². The van der Waals surface area contributed by atoms with Crippen LogP contribution in [0.4, 0.5) is 0 Å². The zero-order valence-electron chi connectivity index (χ0n) is 13.5. The lowest BCUT2D eigenvalue weighted by molar-refractivity contribution is -0.897. The summed E-state index contributed by atoms with van der Waals surface area (Å²) in [7, 11) is 4.43. The maximum atomic E-state index is 5.36. The molecule has 0 unspecified atom stereocenters. The smallest absolute Gasteiger partial charge is 0.104 e. The lowest BCUT2D eigenvalue weighted by Crippen LogP contribution is -2.38. The molecule has 0 fully saturated rings. The number of benzene rings is 2. The van der Waals surface area contributed by atoms with Crippen molar-refractivity contribution < 1.29 is 4.48 Å². The van der Waals surface area contributed by atoms with E-state index in [2.05, 4.69) is 51.0 Å². The highest BCUT2D eigenvalue weighted by molar-refractivity contribution is 6.27. The summed E-state index contributed by atoms with van der Waals surface area (Å²) in [6, 6.07) is 20.5. The molecule has 0 saturated heterocycles. The van der Waals surface area contributed by atoms with Crippen LogP contribution < -0.4 is 0 Å². The Balaban J connectivity index is 0.000000235. The lowest BCUT2D eigenvalue weighted by atomic mass is 10.2. The highest BCUT2D eigenvalue weighted by Gasteiger charge is 2.12. The molecule has 1 nitrogen and oxygen atoms in total.